The molecule has 0 radical (unpaired) electrons. The van der Waals surface area contributed by atoms with Crippen molar-refractivity contribution in [1.29, 1.82) is 0 Å². The SMILES string of the molecule is Cc1c(NN)nc(C(C)(C)C)nc1NC1CCC(C)C1C. The van der Waals surface area contributed by atoms with Crippen LogP contribution in [0.25, 0.3) is 0 Å². The van der Waals surface area contributed by atoms with Crippen LogP contribution in [0.2, 0.25) is 0 Å². The fourth-order valence-corrected chi connectivity index (χ4v) is 2.88. The van der Waals surface area contributed by atoms with Crippen LogP contribution in [0.5, 0.6) is 0 Å². The maximum atomic E-state index is 5.62. The van der Waals surface area contributed by atoms with Crippen molar-refractivity contribution in [2.45, 2.75) is 65.8 Å². The van der Waals surface area contributed by atoms with Gasteiger partial charge in [0, 0.05) is 17.0 Å². The lowest BCUT2D eigenvalue weighted by atomic mass is 9.95. The van der Waals surface area contributed by atoms with Gasteiger partial charge in [-0.2, -0.15) is 0 Å². The molecular formula is C16H29N5. The second-order valence-corrected chi connectivity index (χ2v) is 7.43. The van der Waals surface area contributed by atoms with E-state index in [0.29, 0.717) is 17.8 Å². The van der Waals surface area contributed by atoms with E-state index in [1.807, 2.05) is 6.92 Å². The van der Waals surface area contributed by atoms with Gasteiger partial charge in [-0.3, -0.25) is 0 Å². The molecule has 0 spiro atoms. The van der Waals surface area contributed by atoms with Crippen LogP contribution in [0, 0.1) is 18.8 Å². The molecule has 0 aromatic carbocycles. The number of nitrogens with two attached hydrogens (primary N) is 1. The number of nitrogens with one attached hydrogen (secondary N) is 2. The van der Waals surface area contributed by atoms with Crippen molar-refractivity contribution in [3.63, 3.8) is 0 Å². The van der Waals surface area contributed by atoms with E-state index in [1.165, 1.54) is 12.8 Å². The van der Waals surface area contributed by atoms with Crippen LogP contribution in [0.4, 0.5) is 11.6 Å². The molecule has 2 rings (SSSR count). The third-order valence-electron chi connectivity index (χ3n) is 4.74. The Hall–Kier alpha value is -1.36. The lowest BCUT2D eigenvalue weighted by Crippen LogP contribution is -2.27. The van der Waals surface area contributed by atoms with Gasteiger partial charge in [0.05, 0.1) is 0 Å². The summed E-state index contributed by atoms with van der Waals surface area (Å²) < 4.78 is 0. The highest BCUT2D eigenvalue weighted by atomic mass is 15.3. The molecular weight excluding hydrogens is 262 g/mol. The monoisotopic (exact) mass is 291 g/mol. The quantitative estimate of drug-likeness (QED) is 0.589. The summed E-state index contributed by atoms with van der Waals surface area (Å²) in [5.41, 5.74) is 3.58. The first-order chi connectivity index (χ1) is 9.74. The van der Waals surface area contributed by atoms with Gasteiger partial charge < -0.3 is 10.7 Å². The van der Waals surface area contributed by atoms with Crippen LogP contribution < -0.4 is 16.6 Å². The fraction of sp³-hybridized carbons (Fsp3) is 0.750. The lowest BCUT2D eigenvalue weighted by molar-refractivity contribution is 0.434. The topological polar surface area (TPSA) is 75.9 Å². The van der Waals surface area contributed by atoms with Gasteiger partial charge in [0.1, 0.15) is 17.5 Å². The molecule has 0 saturated heterocycles. The zero-order valence-electron chi connectivity index (χ0n) is 14.1. The molecule has 5 nitrogen and oxygen atoms in total. The molecule has 3 unspecified atom stereocenters. The molecule has 0 amide bonds. The summed E-state index contributed by atoms with van der Waals surface area (Å²) in [7, 11) is 0. The number of nitrogens with zero attached hydrogens (tertiary/aromatic N) is 2. The zero-order chi connectivity index (χ0) is 15.8. The highest BCUT2D eigenvalue weighted by Gasteiger charge is 2.31. The van der Waals surface area contributed by atoms with E-state index >= 15 is 0 Å². The summed E-state index contributed by atoms with van der Waals surface area (Å²) in [6, 6.07) is 0.479. The molecule has 1 fully saturated rings. The van der Waals surface area contributed by atoms with Crippen molar-refractivity contribution in [2.75, 3.05) is 10.7 Å². The van der Waals surface area contributed by atoms with E-state index < -0.39 is 0 Å². The number of rotatable bonds is 3. The summed E-state index contributed by atoms with van der Waals surface area (Å²) in [4.78, 5) is 9.30. The van der Waals surface area contributed by atoms with Crippen molar-refractivity contribution in [1.82, 2.24) is 9.97 Å². The van der Waals surface area contributed by atoms with E-state index in [-0.39, 0.29) is 5.41 Å². The molecule has 0 aliphatic heterocycles. The molecule has 1 aliphatic rings. The van der Waals surface area contributed by atoms with Crippen molar-refractivity contribution in [3.8, 4) is 0 Å². The second kappa shape index (κ2) is 5.79. The van der Waals surface area contributed by atoms with E-state index in [4.69, 9.17) is 10.8 Å². The number of aromatic nitrogens is 2. The number of hydrazine groups is 1. The molecule has 3 atom stereocenters. The standard InChI is InChI=1S/C16H29N5/c1-9-7-8-12(10(9)2)18-13-11(3)14(21-17)20-15(19-13)16(4,5)6/h9-10,12H,7-8,17H2,1-6H3,(H2,18,19,20,21). The summed E-state index contributed by atoms with van der Waals surface area (Å²) in [5.74, 6) is 9.47. The average Bonchev–Trinajstić information content (AvgIpc) is 2.71. The van der Waals surface area contributed by atoms with Gasteiger partial charge in [-0.25, -0.2) is 15.8 Å². The van der Waals surface area contributed by atoms with Crippen LogP contribution >= 0.6 is 0 Å². The summed E-state index contributed by atoms with van der Waals surface area (Å²) in [5, 5.41) is 3.63. The zero-order valence-corrected chi connectivity index (χ0v) is 14.1. The number of hydrogen-bond acceptors (Lipinski definition) is 5. The molecule has 21 heavy (non-hydrogen) atoms. The Bertz CT molecular complexity index is 506. The highest BCUT2D eigenvalue weighted by Crippen LogP contribution is 2.34. The second-order valence-electron chi connectivity index (χ2n) is 7.43. The highest BCUT2D eigenvalue weighted by molar-refractivity contribution is 5.57. The minimum Gasteiger partial charge on any atom is -0.367 e. The van der Waals surface area contributed by atoms with Crippen molar-refractivity contribution < 1.29 is 0 Å². The van der Waals surface area contributed by atoms with Crippen LogP contribution in [-0.4, -0.2) is 16.0 Å². The Morgan fingerprint density at radius 2 is 1.71 bits per heavy atom. The first-order valence-electron chi connectivity index (χ1n) is 7.86. The van der Waals surface area contributed by atoms with E-state index in [0.717, 1.165) is 23.1 Å². The molecule has 118 valence electrons. The van der Waals surface area contributed by atoms with Gasteiger partial charge in [-0.1, -0.05) is 34.6 Å². The molecule has 0 bridgehead atoms. The van der Waals surface area contributed by atoms with Crippen molar-refractivity contribution in [3.05, 3.63) is 11.4 Å². The van der Waals surface area contributed by atoms with Crippen LogP contribution in [0.15, 0.2) is 0 Å². The Labute approximate surface area is 128 Å². The third kappa shape index (κ3) is 3.28. The number of anilines is 2. The van der Waals surface area contributed by atoms with Crippen molar-refractivity contribution >= 4 is 11.6 Å². The Morgan fingerprint density at radius 1 is 1.10 bits per heavy atom. The fourth-order valence-electron chi connectivity index (χ4n) is 2.88. The summed E-state index contributed by atoms with van der Waals surface area (Å²) in [6.45, 7) is 13.0. The maximum Gasteiger partial charge on any atom is 0.148 e. The van der Waals surface area contributed by atoms with Gasteiger partial charge in [0.2, 0.25) is 0 Å². The minimum absolute atomic E-state index is 0.107. The molecule has 1 aromatic heterocycles. The van der Waals surface area contributed by atoms with E-state index in [9.17, 15) is 0 Å². The van der Waals surface area contributed by atoms with Gasteiger partial charge in [-0.15, -0.1) is 0 Å². The van der Waals surface area contributed by atoms with Crippen LogP contribution in [0.1, 0.15) is 58.8 Å². The van der Waals surface area contributed by atoms with Crippen LogP contribution in [-0.2, 0) is 5.41 Å². The molecule has 1 aromatic rings. The average molecular weight is 291 g/mol. The predicted octanol–water partition coefficient (Wildman–Crippen LogP) is 3.21. The molecule has 5 heteroatoms. The first-order valence-corrected chi connectivity index (χ1v) is 7.86. The third-order valence-corrected chi connectivity index (χ3v) is 4.74. The van der Waals surface area contributed by atoms with Crippen LogP contribution in [0.3, 0.4) is 0 Å². The van der Waals surface area contributed by atoms with Gasteiger partial charge >= 0.3 is 0 Å². The molecule has 1 heterocycles. The van der Waals surface area contributed by atoms with Gasteiger partial charge in [-0.05, 0) is 31.6 Å². The number of nitrogen functional groups attached to an aromatic ring is 1. The van der Waals surface area contributed by atoms with E-state index in [2.05, 4.69) is 50.3 Å². The molecule has 4 N–H and O–H groups in total. The Morgan fingerprint density at radius 3 is 2.19 bits per heavy atom. The lowest BCUT2D eigenvalue weighted by Gasteiger charge is -2.24. The summed E-state index contributed by atoms with van der Waals surface area (Å²) in [6.07, 6.45) is 2.47. The Balaban J connectivity index is 2.34. The number of hydrogen-bond donors (Lipinski definition) is 3. The Kier molecular flexibility index (Phi) is 4.42. The first kappa shape index (κ1) is 16.0. The predicted molar refractivity (Wildman–Crippen MR) is 88.3 cm³/mol. The normalized spacial score (nSPS) is 26.0. The maximum absolute atomic E-state index is 5.62. The molecule has 1 aliphatic carbocycles. The largest absolute Gasteiger partial charge is 0.367 e. The summed E-state index contributed by atoms with van der Waals surface area (Å²) >= 11 is 0. The van der Waals surface area contributed by atoms with Gasteiger partial charge in [0.15, 0.2) is 0 Å². The van der Waals surface area contributed by atoms with Crippen molar-refractivity contribution in [2.24, 2.45) is 17.7 Å². The van der Waals surface area contributed by atoms with E-state index in [1.54, 1.807) is 0 Å². The minimum atomic E-state index is -0.107. The van der Waals surface area contributed by atoms with Gasteiger partial charge in [0.25, 0.3) is 0 Å². The smallest absolute Gasteiger partial charge is 0.148 e. The molecule has 1 saturated carbocycles.